The maximum atomic E-state index is 9.94. The van der Waals surface area contributed by atoms with E-state index in [1.165, 1.54) is 0 Å². The van der Waals surface area contributed by atoms with Gasteiger partial charge in [0.2, 0.25) is 0 Å². The Labute approximate surface area is 95.6 Å². The molecule has 1 heterocycles. The highest BCUT2D eigenvalue weighted by atomic mass is 16.3. The van der Waals surface area contributed by atoms with E-state index in [-0.39, 0.29) is 0 Å². The molecule has 0 saturated carbocycles. The number of rotatable bonds is 3. The van der Waals surface area contributed by atoms with Crippen LogP contribution in [-0.2, 0) is 0 Å². The summed E-state index contributed by atoms with van der Waals surface area (Å²) in [6, 6.07) is 13.7. The second-order valence-electron chi connectivity index (χ2n) is 3.73. The van der Waals surface area contributed by atoms with Gasteiger partial charge in [0.25, 0.3) is 0 Å². The number of nitrogens with zero attached hydrogens (tertiary/aromatic N) is 1. The third-order valence-electron chi connectivity index (χ3n) is 2.65. The molecular weight excluding hydrogens is 198 g/mol. The maximum absolute atomic E-state index is 9.94. The van der Waals surface area contributed by atoms with Crippen molar-refractivity contribution < 1.29 is 5.11 Å². The second kappa shape index (κ2) is 4.90. The number of aliphatic hydroxyl groups excluding tert-OH is 1. The maximum Gasteiger partial charge on any atom is 0.0794 e. The van der Waals surface area contributed by atoms with Crippen molar-refractivity contribution in [3.8, 4) is 11.3 Å². The Bertz CT molecular complexity index is 453. The average molecular weight is 213 g/mol. The predicted molar refractivity (Wildman–Crippen MR) is 64.9 cm³/mol. The van der Waals surface area contributed by atoms with Crippen LogP contribution >= 0.6 is 0 Å². The fraction of sp³-hybridized carbons (Fsp3) is 0.214. The molecule has 1 atom stereocenters. The number of pyridine rings is 1. The summed E-state index contributed by atoms with van der Waals surface area (Å²) < 4.78 is 0. The lowest BCUT2D eigenvalue weighted by Crippen LogP contribution is -1.98. The first kappa shape index (κ1) is 10.8. The molecule has 0 bridgehead atoms. The van der Waals surface area contributed by atoms with E-state index in [0.29, 0.717) is 6.42 Å². The van der Waals surface area contributed by atoms with Crippen LogP contribution in [0.1, 0.15) is 25.0 Å². The van der Waals surface area contributed by atoms with Gasteiger partial charge in [-0.1, -0.05) is 37.3 Å². The molecule has 2 rings (SSSR count). The number of aliphatic hydroxyl groups is 1. The van der Waals surface area contributed by atoms with Gasteiger partial charge in [-0.2, -0.15) is 0 Å². The summed E-state index contributed by atoms with van der Waals surface area (Å²) in [6.45, 7) is 1.97. The smallest absolute Gasteiger partial charge is 0.0794 e. The van der Waals surface area contributed by atoms with Gasteiger partial charge >= 0.3 is 0 Å². The highest BCUT2D eigenvalue weighted by Crippen LogP contribution is 2.27. The second-order valence-corrected chi connectivity index (χ2v) is 3.73. The predicted octanol–water partition coefficient (Wildman–Crippen LogP) is 3.19. The van der Waals surface area contributed by atoms with Gasteiger partial charge in [0.1, 0.15) is 0 Å². The van der Waals surface area contributed by atoms with Crippen molar-refractivity contribution in [2.45, 2.75) is 19.4 Å². The summed E-state index contributed by atoms with van der Waals surface area (Å²) in [5, 5.41) is 9.94. The molecule has 0 radical (unpaired) electrons. The minimum Gasteiger partial charge on any atom is -0.388 e. The lowest BCUT2D eigenvalue weighted by molar-refractivity contribution is 0.174. The Kier molecular flexibility index (Phi) is 3.32. The minimum absolute atomic E-state index is 0.418. The fourth-order valence-corrected chi connectivity index (χ4v) is 1.76. The zero-order valence-corrected chi connectivity index (χ0v) is 9.30. The van der Waals surface area contributed by atoms with Crippen molar-refractivity contribution in [3.05, 3.63) is 54.2 Å². The third-order valence-corrected chi connectivity index (χ3v) is 2.65. The Hall–Kier alpha value is -1.67. The van der Waals surface area contributed by atoms with Gasteiger partial charge in [-0.3, -0.25) is 4.98 Å². The van der Waals surface area contributed by atoms with E-state index in [2.05, 4.69) is 4.98 Å². The van der Waals surface area contributed by atoms with Crippen molar-refractivity contribution in [1.82, 2.24) is 4.98 Å². The number of aromatic nitrogens is 1. The molecule has 1 aromatic heterocycles. The normalized spacial score (nSPS) is 12.4. The van der Waals surface area contributed by atoms with Crippen LogP contribution in [-0.4, -0.2) is 10.1 Å². The Morgan fingerprint density at radius 2 is 1.88 bits per heavy atom. The van der Waals surface area contributed by atoms with Crippen LogP contribution in [0.4, 0.5) is 0 Å². The molecule has 82 valence electrons. The van der Waals surface area contributed by atoms with Gasteiger partial charge in [0.15, 0.2) is 0 Å². The summed E-state index contributed by atoms with van der Waals surface area (Å²) in [5.41, 5.74) is 2.87. The quantitative estimate of drug-likeness (QED) is 0.849. The van der Waals surface area contributed by atoms with E-state index in [0.717, 1.165) is 16.8 Å². The molecule has 1 aromatic carbocycles. The van der Waals surface area contributed by atoms with Crippen molar-refractivity contribution in [1.29, 1.82) is 0 Å². The van der Waals surface area contributed by atoms with E-state index in [9.17, 15) is 5.11 Å². The highest BCUT2D eigenvalue weighted by Gasteiger charge is 2.11. The highest BCUT2D eigenvalue weighted by molar-refractivity contribution is 5.63. The first-order valence-electron chi connectivity index (χ1n) is 5.51. The van der Waals surface area contributed by atoms with Crippen LogP contribution in [0.5, 0.6) is 0 Å². The third kappa shape index (κ3) is 2.12. The lowest BCUT2D eigenvalue weighted by Gasteiger charge is -2.13. The molecule has 0 aliphatic carbocycles. The molecule has 2 aromatic rings. The van der Waals surface area contributed by atoms with E-state index in [1.54, 1.807) is 6.20 Å². The molecule has 0 amide bonds. The van der Waals surface area contributed by atoms with Gasteiger partial charge in [-0.15, -0.1) is 0 Å². The van der Waals surface area contributed by atoms with E-state index >= 15 is 0 Å². The molecule has 2 nitrogen and oxygen atoms in total. The molecular formula is C14H15NO. The molecule has 16 heavy (non-hydrogen) atoms. The SMILES string of the molecule is CCC(O)c1ccccc1-c1ccccn1. The molecule has 0 aliphatic heterocycles. The molecule has 0 aliphatic rings. The van der Waals surface area contributed by atoms with Crippen LogP contribution in [0, 0.1) is 0 Å². The van der Waals surface area contributed by atoms with Crippen LogP contribution in [0.15, 0.2) is 48.7 Å². The van der Waals surface area contributed by atoms with Gasteiger partial charge in [0.05, 0.1) is 11.8 Å². The summed E-state index contributed by atoms with van der Waals surface area (Å²) in [6.07, 6.45) is 2.06. The fourth-order valence-electron chi connectivity index (χ4n) is 1.76. The van der Waals surface area contributed by atoms with E-state index < -0.39 is 6.10 Å². The first-order valence-corrected chi connectivity index (χ1v) is 5.51. The zero-order chi connectivity index (χ0) is 11.4. The number of benzene rings is 1. The lowest BCUT2D eigenvalue weighted by atomic mass is 9.98. The molecule has 0 fully saturated rings. The van der Waals surface area contributed by atoms with Crippen LogP contribution < -0.4 is 0 Å². The molecule has 0 saturated heterocycles. The Balaban J connectivity index is 2.49. The van der Waals surface area contributed by atoms with Crippen LogP contribution in [0.3, 0.4) is 0 Å². The molecule has 2 heteroatoms. The summed E-state index contributed by atoms with van der Waals surface area (Å²) >= 11 is 0. The zero-order valence-electron chi connectivity index (χ0n) is 9.30. The monoisotopic (exact) mass is 213 g/mol. The first-order chi connectivity index (χ1) is 7.83. The van der Waals surface area contributed by atoms with Gasteiger partial charge in [-0.25, -0.2) is 0 Å². The molecule has 0 spiro atoms. The van der Waals surface area contributed by atoms with E-state index in [4.69, 9.17) is 0 Å². The molecule has 1 unspecified atom stereocenters. The van der Waals surface area contributed by atoms with Crippen LogP contribution in [0.2, 0.25) is 0 Å². The van der Waals surface area contributed by atoms with Crippen molar-refractivity contribution in [3.63, 3.8) is 0 Å². The standard InChI is InChI=1S/C14H15NO/c1-2-14(16)12-8-4-3-7-11(12)13-9-5-6-10-15-13/h3-10,14,16H,2H2,1H3. The summed E-state index contributed by atoms with van der Waals surface area (Å²) in [7, 11) is 0. The molecule has 1 N–H and O–H groups in total. The van der Waals surface area contributed by atoms with Crippen molar-refractivity contribution in [2.24, 2.45) is 0 Å². The van der Waals surface area contributed by atoms with Gasteiger partial charge in [-0.05, 0) is 24.1 Å². The average Bonchev–Trinajstić information content (AvgIpc) is 2.39. The van der Waals surface area contributed by atoms with Crippen LogP contribution in [0.25, 0.3) is 11.3 Å². The summed E-state index contributed by atoms with van der Waals surface area (Å²) in [4.78, 5) is 4.32. The minimum atomic E-state index is -0.418. The summed E-state index contributed by atoms with van der Waals surface area (Å²) in [5.74, 6) is 0. The number of hydrogen-bond donors (Lipinski definition) is 1. The van der Waals surface area contributed by atoms with Crippen molar-refractivity contribution in [2.75, 3.05) is 0 Å². The Morgan fingerprint density at radius 3 is 2.56 bits per heavy atom. The number of hydrogen-bond acceptors (Lipinski definition) is 2. The van der Waals surface area contributed by atoms with Gasteiger partial charge in [0, 0.05) is 11.8 Å². The Morgan fingerprint density at radius 1 is 1.12 bits per heavy atom. The van der Waals surface area contributed by atoms with Gasteiger partial charge < -0.3 is 5.11 Å². The largest absolute Gasteiger partial charge is 0.388 e. The van der Waals surface area contributed by atoms with E-state index in [1.807, 2.05) is 49.4 Å². The topological polar surface area (TPSA) is 33.1 Å². The van der Waals surface area contributed by atoms with Crippen molar-refractivity contribution >= 4 is 0 Å².